The molecule has 0 spiro atoms. The summed E-state index contributed by atoms with van der Waals surface area (Å²) in [6.45, 7) is 3.43. The van der Waals surface area contributed by atoms with Gasteiger partial charge in [0.25, 0.3) is 0 Å². The van der Waals surface area contributed by atoms with Crippen LogP contribution in [0.2, 0.25) is 0 Å². The molecule has 2 aromatic heterocycles. The number of carbonyl (C=O) groups is 2. The van der Waals surface area contributed by atoms with Crippen molar-refractivity contribution in [3.05, 3.63) is 103 Å². The summed E-state index contributed by atoms with van der Waals surface area (Å²) in [5.74, 6) is -0.498. The minimum absolute atomic E-state index is 0.0886. The van der Waals surface area contributed by atoms with Crippen LogP contribution in [0.25, 0.3) is 38.7 Å². The highest BCUT2D eigenvalue weighted by Gasteiger charge is 2.18. The van der Waals surface area contributed by atoms with Gasteiger partial charge in [0.1, 0.15) is 6.54 Å². The van der Waals surface area contributed by atoms with Gasteiger partial charge < -0.3 is 10.2 Å². The summed E-state index contributed by atoms with van der Waals surface area (Å²) in [4.78, 5) is 31.4. The number of fused-ring (bicyclic) bond motifs is 5. The van der Waals surface area contributed by atoms with Gasteiger partial charge in [0.2, 0.25) is 11.8 Å². The van der Waals surface area contributed by atoms with E-state index < -0.39 is 0 Å². The average molecular weight is 500 g/mol. The molecule has 2 heterocycles. The quantitative estimate of drug-likeness (QED) is 0.315. The minimum atomic E-state index is -0.294. The lowest BCUT2D eigenvalue weighted by atomic mass is 10.0. The van der Waals surface area contributed by atoms with Crippen LogP contribution in [-0.4, -0.2) is 33.0 Å². The molecule has 7 heteroatoms. The molecule has 4 aromatic carbocycles. The molecule has 1 N–H and O–H groups in total. The summed E-state index contributed by atoms with van der Waals surface area (Å²) in [5, 5.41) is 9.93. The summed E-state index contributed by atoms with van der Waals surface area (Å²) < 4.78 is 1.87. The number of aromatic nitrogens is 3. The number of hydrogen-bond donors (Lipinski definition) is 1. The fraction of sp³-hybridized carbons (Fsp3) is 0.0968. The number of para-hydroxylation sites is 1. The predicted octanol–water partition coefficient (Wildman–Crippen LogP) is 6.00. The Balaban J connectivity index is 1.37. The molecule has 0 fully saturated rings. The van der Waals surface area contributed by atoms with Crippen LogP contribution in [0.3, 0.4) is 0 Å². The Morgan fingerprint density at radius 2 is 1.58 bits per heavy atom. The fourth-order valence-corrected chi connectivity index (χ4v) is 4.72. The Morgan fingerprint density at radius 3 is 2.32 bits per heavy atom. The molecule has 0 aliphatic rings. The Bertz CT molecular complexity index is 1830. The summed E-state index contributed by atoms with van der Waals surface area (Å²) >= 11 is 0. The van der Waals surface area contributed by atoms with Crippen LogP contribution in [0.5, 0.6) is 0 Å². The van der Waals surface area contributed by atoms with Gasteiger partial charge in [-0.3, -0.25) is 9.59 Å². The van der Waals surface area contributed by atoms with Crippen molar-refractivity contribution in [2.75, 3.05) is 16.8 Å². The maximum Gasteiger partial charge on any atom is 0.244 e. The zero-order valence-electron chi connectivity index (χ0n) is 21.1. The first kappa shape index (κ1) is 23.4. The van der Waals surface area contributed by atoms with Crippen molar-refractivity contribution in [3.8, 4) is 11.3 Å². The first-order valence-electron chi connectivity index (χ1n) is 12.4. The number of rotatable bonds is 5. The number of aryl methyl sites for hydroxylation is 1. The lowest BCUT2D eigenvalue weighted by Gasteiger charge is -2.20. The number of carbonyl (C=O) groups excluding carboxylic acids is 2. The number of anilines is 2. The van der Waals surface area contributed by atoms with E-state index in [1.165, 1.54) is 17.4 Å². The van der Waals surface area contributed by atoms with E-state index >= 15 is 0 Å². The predicted molar refractivity (Wildman–Crippen MR) is 151 cm³/mol. The minimum Gasteiger partial charge on any atom is -0.324 e. The molecule has 7 nitrogen and oxygen atoms in total. The molecule has 6 rings (SSSR count). The third kappa shape index (κ3) is 4.24. The molecular formula is C31H25N5O2. The third-order valence-electron chi connectivity index (χ3n) is 6.61. The lowest BCUT2D eigenvalue weighted by Crippen LogP contribution is -2.36. The van der Waals surface area contributed by atoms with Gasteiger partial charge in [-0.05, 0) is 37.3 Å². The van der Waals surface area contributed by atoms with Gasteiger partial charge >= 0.3 is 0 Å². The Hall–Kier alpha value is -5.04. The van der Waals surface area contributed by atoms with Crippen molar-refractivity contribution in [2.45, 2.75) is 13.8 Å². The van der Waals surface area contributed by atoms with E-state index in [4.69, 9.17) is 10.1 Å². The van der Waals surface area contributed by atoms with Gasteiger partial charge in [0.15, 0.2) is 5.65 Å². The number of amides is 2. The third-order valence-corrected chi connectivity index (χ3v) is 6.61. The smallest absolute Gasteiger partial charge is 0.244 e. The molecular weight excluding hydrogens is 474 g/mol. The second kappa shape index (κ2) is 9.44. The lowest BCUT2D eigenvalue weighted by molar-refractivity contribution is -0.120. The van der Waals surface area contributed by atoms with Crippen molar-refractivity contribution in [3.63, 3.8) is 0 Å². The van der Waals surface area contributed by atoms with E-state index in [-0.39, 0.29) is 18.4 Å². The van der Waals surface area contributed by atoms with Gasteiger partial charge in [0.05, 0.1) is 16.7 Å². The molecule has 0 aliphatic heterocycles. The summed E-state index contributed by atoms with van der Waals surface area (Å²) in [6, 6.07) is 31.2. The van der Waals surface area contributed by atoms with Gasteiger partial charge in [-0.25, -0.2) is 9.50 Å². The number of nitrogens with zero attached hydrogens (tertiary/aromatic N) is 4. The fourth-order valence-electron chi connectivity index (χ4n) is 4.72. The van der Waals surface area contributed by atoms with Crippen LogP contribution in [0.15, 0.2) is 97.1 Å². The van der Waals surface area contributed by atoms with Crippen LogP contribution in [-0.2, 0) is 9.59 Å². The molecule has 186 valence electrons. The highest BCUT2D eigenvalue weighted by atomic mass is 16.2. The zero-order chi connectivity index (χ0) is 26.2. The van der Waals surface area contributed by atoms with E-state index in [2.05, 4.69) is 48.6 Å². The van der Waals surface area contributed by atoms with Crippen LogP contribution in [0, 0.1) is 6.92 Å². The molecule has 0 radical (unpaired) electrons. The molecule has 2 amide bonds. The van der Waals surface area contributed by atoms with E-state index in [9.17, 15) is 9.59 Å². The van der Waals surface area contributed by atoms with Gasteiger partial charge in [-0.2, -0.15) is 5.10 Å². The van der Waals surface area contributed by atoms with Gasteiger partial charge in [-0.1, -0.05) is 72.3 Å². The Labute approximate surface area is 219 Å². The van der Waals surface area contributed by atoms with Crippen LogP contribution >= 0.6 is 0 Å². The van der Waals surface area contributed by atoms with Crippen LogP contribution in [0.1, 0.15) is 12.5 Å². The van der Waals surface area contributed by atoms with Gasteiger partial charge in [-0.15, -0.1) is 0 Å². The summed E-state index contributed by atoms with van der Waals surface area (Å²) in [5.41, 5.74) is 6.69. The molecule has 0 aliphatic carbocycles. The molecule has 0 bridgehead atoms. The maximum absolute atomic E-state index is 12.9. The standard InChI is InChI=1S/C31H25N5O2/c1-20-12-14-22(15-13-20)30-25-10-6-7-11-26(25)31-33-27-18-23(16-17-28(27)36(31)34-30)32-29(38)19-35(21(2)37)24-8-4-3-5-9-24/h3-18H,19H2,1-2H3,(H,32,38). The van der Waals surface area contributed by atoms with Crippen molar-refractivity contribution >= 4 is 50.6 Å². The second-order valence-corrected chi connectivity index (χ2v) is 9.30. The van der Waals surface area contributed by atoms with Crippen molar-refractivity contribution < 1.29 is 9.59 Å². The summed E-state index contributed by atoms with van der Waals surface area (Å²) in [6.07, 6.45) is 0. The van der Waals surface area contributed by atoms with Crippen molar-refractivity contribution in [1.29, 1.82) is 0 Å². The van der Waals surface area contributed by atoms with Crippen molar-refractivity contribution in [1.82, 2.24) is 14.6 Å². The largest absolute Gasteiger partial charge is 0.324 e. The first-order valence-corrected chi connectivity index (χ1v) is 12.4. The highest BCUT2D eigenvalue weighted by Crippen LogP contribution is 2.31. The number of imidazole rings is 1. The molecule has 38 heavy (non-hydrogen) atoms. The van der Waals surface area contributed by atoms with Crippen LogP contribution in [0.4, 0.5) is 11.4 Å². The van der Waals surface area contributed by atoms with E-state index in [0.29, 0.717) is 16.9 Å². The molecule has 0 saturated carbocycles. The first-order chi connectivity index (χ1) is 18.5. The zero-order valence-corrected chi connectivity index (χ0v) is 21.1. The topological polar surface area (TPSA) is 79.6 Å². The van der Waals surface area contributed by atoms with Crippen molar-refractivity contribution in [2.24, 2.45) is 0 Å². The number of hydrogen-bond acceptors (Lipinski definition) is 4. The molecule has 0 atom stereocenters. The molecule has 0 unspecified atom stereocenters. The second-order valence-electron chi connectivity index (χ2n) is 9.30. The average Bonchev–Trinajstić information content (AvgIpc) is 3.30. The number of nitrogens with one attached hydrogen (secondary N) is 1. The SMILES string of the molecule is CC(=O)N(CC(=O)Nc1ccc2c(c1)nc1c3ccccc3c(-c3ccc(C)cc3)nn21)c1ccccc1. The molecule has 0 saturated heterocycles. The monoisotopic (exact) mass is 499 g/mol. The Morgan fingerprint density at radius 1 is 0.868 bits per heavy atom. The normalized spacial score (nSPS) is 11.2. The summed E-state index contributed by atoms with van der Waals surface area (Å²) in [7, 11) is 0. The van der Waals surface area contributed by atoms with E-state index in [0.717, 1.165) is 33.2 Å². The maximum atomic E-state index is 12.9. The number of benzene rings is 4. The molecule has 6 aromatic rings. The van der Waals surface area contributed by atoms with Crippen LogP contribution < -0.4 is 10.2 Å². The van der Waals surface area contributed by atoms with Gasteiger partial charge in [0, 0.05) is 34.6 Å². The highest BCUT2D eigenvalue weighted by molar-refractivity contribution is 6.05. The van der Waals surface area contributed by atoms with E-state index in [1.807, 2.05) is 53.0 Å². The van der Waals surface area contributed by atoms with E-state index in [1.54, 1.807) is 12.1 Å². The Kier molecular flexibility index (Phi) is 5.81.